The Morgan fingerprint density at radius 3 is 3.00 bits per heavy atom. The second-order valence-corrected chi connectivity index (χ2v) is 6.85. The van der Waals surface area contributed by atoms with Gasteiger partial charge in [0.25, 0.3) is 5.56 Å². The minimum atomic E-state index is -0.0282. The van der Waals surface area contributed by atoms with Gasteiger partial charge in [0, 0.05) is 41.9 Å². The number of hydrogen-bond donors (Lipinski definition) is 1. The molecule has 0 saturated heterocycles. The lowest BCUT2D eigenvalue weighted by atomic mass is 10.3. The predicted molar refractivity (Wildman–Crippen MR) is 87.7 cm³/mol. The molecule has 4 rings (SSSR count). The van der Waals surface area contributed by atoms with Gasteiger partial charge in [0.2, 0.25) is 0 Å². The molecule has 0 radical (unpaired) electrons. The van der Waals surface area contributed by atoms with Crippen LogP contribution in [0.4, 0.5) is 5.82 Å². The maximum atomic E-state index is 11.8. The SMILES string of the molecule is O=c1ccc(Br)cn1CNc1cc2n(n1)CCN(C1CC1)C2. The third-order valence-corrected chi connectivity index (χ3v) is 4.74. The number of fused-ring (bicyclic) bond motifs is 1. The van der Waals surface area contributed by atoms with Crippen LogP contribution in [-0.4, -0.2) is 31.8 Å². The number of pyridine rings is 1. The Labute approximate surface area is 136 Å². The fourth-order valence-electron chi connectivity index (χ4n) is 2.92. The van der Waals surface area contributed by atoms with Gasteiger partial charge < -0.3 is 5.32 Å². The molecule has 6 nitrogen and oxygen atoms in total. The molecule has 7 heteroatoms. The van der Waals surface area contributed by atoms with Crippen LogP contribution in [0.2, 0.25) is 0 Å². The van der Waals surface area contributed by atoms with Gasteiger partial charge >= 0.3 is 0 Å². The van der Waals surface area contributed by atoms with Crippen molar-refractivity contribution in [2.24, 2.45) is 0 Å². The summed E-state index contributed by atoms with van der Waals surface area (Å²) in [5.74, 6) is 0.833. The Hall–Kier alpha value is -1.60. The molecular formula is C15H18BrN5O. The first kappa shape index (κ1) is 14.0. The Kier molecular flexibility index (Phi) is 3.54. The van der Waals surface area contributed by atoms with E-state index in [0.29, 0.717) is 6.67 Å². The fraction of sp³-hybridized carbons (Fsp3) is 0.467. The average Bonchev–Trinajstić information content (AvgIpc) is 3.28. The Bertz CT molecular complexity index is 749. The van der Waals surface area contributed by atoms with Gasteiger partial charge in [-0.25, -0.2) is 0 Å². The van der Waals surface area contributed by atoms with Crippen LogP contribution in [0.1, 0.15) is 18.5 Å². The molecule has 0 aromatic carbocycles. The van der Waals surface area contributed by atoms with Gasteiger partial charge in [0.05, 0.1) is 18.9 Å². The second kappa shape index (κ2) is 5.55. The molecular weight excluding hydrogens is 346 g/mol. The van der Waals surface area contributed by atoms with Gasteiger partial charge in [0.15, 0.2) is 0 Å². The van der Waals surface area contributed by atoms with Crippen molar-refractivity contribution in [3.63, 3.8) is 0 Å². The molecule has 2 aromatic rings. The summed E-state index contributed by atoms with van der Waals surface area (Å²) < 4.78 is 4.59. The number of rotatable bonds is 4. The van der Waals surface area contributed by atoms with E-state index in [1.165, 1.54) is 18.5 Å². The zero-order chi connectivity index (χ0) is 15.1. The van der Waals surface area contributed by atoms with Gasteiger partial charge in [-0.05, 0) is 34.8 Å². The average molecular weight is 364 g/mol. The molecule has 1 N–H and O–H groups in total. The first-order valence-corrected chi connectivity index (χ1v) is 8.39. The molecule has 2 aromatic heterocycles. The molecule has 1 saturated carbocycles. The molecule has 0 spiro atoms. The van der Waals surface area contributed by atoms with Crippen LogP contribution in [0, 0.1) is 0 Å². The minimum absolute atomic E-state index is 0.0282. The second-order valence-electron chi connectivity index (χ2n) is 5.94. The van der Waals surface area contributed by atoms with E-state index in [0.717, 1.165) is 36.0 Å². The topological polar surface area (TPSA) is 55.1 Å². The lowest BCUT2D eigenvalue weighted by Crippen LogP contribution is -2.35. The molecule has 1 aliphatic heterocycles. The number of anilines is 1. The van der Waals surface area contributed by atoms with Crippen molar-refractivity contribution in [2.45, 2.75) is 38.6 Å². The lowest BCUT2D eigenvalue weighted by Gasteiger charge is -2.27. The number of halogens is 1. The molecule has 0 unspecified atom stereocenters. The van der Waals surface area contributed by atoms with Crippen LogP contribution in [0.3, 0.4) is 0 Å². The number of nitrogens with one attached hydrogen (secondary N) is 1. The first-order valence-electron chi connectivity index (χ1n) is 7.60. The summed E-state index contributed by atoms with van der Waals surface area (Å²) in [7, 11) is 0. The third-order valence-electron chi connectivity index (χ3n) is 4.27. The summed E-state index contributed by atoms with van der Waals surface area (Å²) in [5.41, 5.74) is 1.22. The van der Waals surface area contributed by atoms with E-state index in [2.05, 4.69) is 42.0 Å². The highest BCUT2D eigenvalue weighted by molar-refractivity contribution is 9.10. The predicted octanol–water partition coefficient (Wildman–Crippen LogP) is 1.85. The minimum Gasteiger partial charge on any atom is -0.351 e. The van der Waals surface area contributed by atoms with Crippen molar-refractivity contribution in [3.8, 4) is 0 Å². The van der Waals surface area contributed by atoms with Gasteiger partial charge in [-0.15, -0.1) is 0 Å². The zero-order valence-electron chi connectivity index (χ0n) is 12.2. The largest absolute Gasteiger partial charge is 0.351 e. The van der Waals surface area contributed by atoms with Crippen LogP contribution in [0.25, 0.3) is 0 Å². The van der Waals surface area contributed by atoms with Gasteiger partial charge in [-0.2, -0.15) is 5.10 Å². The Morgan fingerprint density at radius 2 is 2.18 bits per heavy atom. The monoisotopic (exact) mass is 363 g/mol. The molecule has 0 bridgehead atoms. The van der Waals surface area contributed by atoms with Crippen LogP contribution < -0.4 is 10.9 Å². The van der Waals surface area contributed by atoms with Crippen LogP contribution in [0.5, 0.6) is 0 Å². The number of aromatic nitrogens is 3. The van der Waals surface area contributed by atoms with E-state index in [1.807, 2.05) is 0 Å². The highest BCUT2D eigenvalue weighted by atomic mass is 79.9. The van der Waals surface area contributed by atoms with E-state index >= 15 is 0 Å². The highest BCUT2D eigenvalue weighted by Gasteiger charge is 2.31. The van der Waals surface area contributed by atoms with Crippen molar-refractivity contribution < 1.29 is 0 Å². The summed E-state index contributed by atoms with van der Waals surface area (Å²) in [6.07, 6.45) is 4.45. The van der Waals surface area contributed by atoms with E-state index in [1.54, 1.807) is 22.9 Å². The van der Waals surface area contributed by atoms with Gasteiger partial charge in [-0.3, -0.25) is 18.9 Å². The van der Waals surface area contributed by atoms with E-state index in [4.69, 9.17) is 0 Å². The van der Waals surface area contributed by atoms with Crippen molar-refractivity contribution >= 4 is 21.7 Å². The Morgan fingerprint density at radius 1 is 1.32 bits per heavy atom. The summed E-state index contributed by atoms with van der Waals surface area (Å²) >= 11 is 3.38. The summed E-state index contributed by atoms with van der Waals surface area (Å²) in [4.78, 5) is 14.3. The van der Waals surface area contributed by atoms with Crippen LogP contribution >= 0.6 is 15.9 Å². The smallest absolute Gasteiger partial charge is 0.252 e. The third kappa shape index (κ3) is 2.83. The molecule has 3 heterocycles. The summed E-state index contributed by atoms with van der Waals surface area (Å²) in [5, 5.41) is 7.82. The van der Waals surface area contributed by atoms with E-state index in [-0.39, 0.29) is 5.56 Å². The van der Waals surface area contributed by atoms with Crippen LogP contribution in [-0.2, 0) is 19.8 Å². The van der Waals surface area contributed by atoms with Crippen molar-refractivity contribution in [1.29, 1.82) is 0 Å². The van der Waals surface area contributed by atoms with Crippen LogP contribution in [0.15, 0.2) is 33.7 Å². The summed E-state index contributed by atoms with van der Waals surface area (Å²) in [6.45, 7) is 3.44. The first-order chi connectivity index (χ1) is 10.7. The molecule has 0 atom stereocenters. The van der Waals surface area contributed by atoms with Gasteiger partial charge in [-0.1, -0.05) is 0 Å². The van der Waals surface area contributed by atoms with Crippen molar-refractivity contribution in [1.82, 2.24) is 19.2 Å². The molecule has 116 valence electrons. The summed E-state index contributed by atoms with van der Waals surface area (Å²) in [6, 6.07) is 6.19. The highest BCUT2D eigenvalue weighted by Crippen LogP contribution is 2.30. The maximum absolute atomic E-state index is 11.8. The molecule has 2 aliphatic rings. The Balaban J connectivity index is 1.46. The van der Waals surface area contributed by atoms with Gasteiger partial charge in [0.1, 0.15) is 5.82 Å². The van der Waals surface area contributed by atoms with Crippen molar-refractivity contribution in [3.05, 3.63) is 44.9 Å². The maximum Gasteiger partial charge on any atom is 0.252 e. The number of hydrogen-bond acceptors (Lipinski definition) is 4. The molecule has 1 fully saturated rings. The quantitative estimate of drug-likeness (QED) is 0.900. The zero-order valence-corrected chi connectivity index (χ0v) is 13.8. The lowest BCUT2D eigenvalue weighted by molar-refractivity contribution is 0.204. The number of nitrogens with zero attached hydrogens (tertiary/aromatic N) is 4. The standard InChI is InChI=1S/C15H18BrN5O/c16-11-1-4-15(22)20(8-11)10-17-14-7-13-9-19(12-2-3-12)5-6-21(13)18-14/h1,4,7-8,12H,2-3,5-6,9-10H2,(H,17,18). The molecule has 0 amide bonds. The molecule has 1 aliphatic carbocycles. The van der Waals surface area contributed by atoms with Crippen molar-refractivity contribution in [2.75, 3.05) is 11.9 Å². The normalized spacial score (nSPS) is 18.2. The van der Waals surface area contributed by atoms with E-state index in [9.17, 15) is 4.79 Å². The fourth-order valence-corrected chi connectivity index (χ4v) is 3.30. The molecule has 22 heavy (non-hydrogen) atoms. The van der Waals surface area contributed by atoms with E-state index < -0.39 is 0 Å².